The third-order valence-corrected chi connectivity index (χ3v) is 3.52. The van der Waals surface area contributed by atoms with Crippen LogP contribution in [0.1, 0.15) is 22.8 Å². The highest BCUT2D eigenvalue weighted by Crippen LogP contribution is 2.21. The van der Waals surface area contributed by atoms with E-state index >= 15 is 0 Å². The van der Waals surface area contributed by atoms with Crippen LogP contribution in [-0.4, -0.2) is 42.4 Å². The van der Waals surface area contributed by atoms with Crippen LogP contribution in [0.2, 0.25) is 0 Å². The quantitative estimate of drug-likeness (QED) is 0.896. The Bertz CT molecular complexity index is 482. The van der Waals surface area contributed by atoms with E-state index in [0.717, 1.165) is 23.2 Å². The van der Waals surface area contributed by atoms with Gasteiger partial charge in [-0.25, -0.2) is 0 Å². The Hall–Kier alpha value is -1.41. The molecule has 1 fully saturated rings. The largest absolute Gasteiger partial charge is 0.387 e. The predicted molar refractivity (Wildman–Crippen MR) is 72.7 cm³/mol. The van der Waals surface area contributed by atoms with Crippen LogP contribution in [0.4, 0.5) is 0 Å². The van der Waals surface area contributed by atoms with Crippen molar-refractivity contribution in [1.29, 1.82) is 5.26 Å². The molecule has 19 heavy (non-hydrogen) atoms. The first-order valence-electron chi connectivity index (χ1n) is 6.59. The first-order chi connectivity index (χ1) is 9.10. The van der Waals surface area contributed by atoms with Gasteiger partial charge < -0.3 is 9.84 Å². The van der Waals surface area contributed by atoms with Crippen molar-refractivity contribution in [2.45, 2.75) is 26.1 Å². The number of ether oxygens (including phenoxy) is 1. The number of hydrogen-bond acceptors (Lipinski definition) is 4. The third-order valence-electron chi connectivity index (χ3n) is 3.52. The van der Waals surface area contributed by atoms with Crippen LogP contribution in [0.5, 0.6) is 0 Å². The third kappa shape index (κ3) is 3.54. The molecule has 1 aliphatic rings. The number of rotatable bonds is 3. The van der Waals surface area contributed by atoms with Crippen LogP contribution < -0.4 is 0 Å². The maximum atomic E-state index is 10.4. The van der Waals surface area contributed by atoms with Gasteiger partial charge in [-0.1, -0.05) is 23.8 Å². The van der Waals surface area contributed by atoms with Gasteiger partial charge in [-0.05, 0) is 25.0 Å². The van der Waals surface area contributed by atoms with E-state index in [2.05, 4.69) is 11.0 Å². The van der Waals surface area contributed by atoms with Crippen molar-refractivity contribution >= 4 is 0 Å². The molecule has 0 radical (unpaired) electrons. The fourth-order valence-corrected chi connectivity index (χ4v) is 2.41. The lowest BCUT2D eigenvalue weighted by molar-refractivity contribution is -0.0160. The van der Waals surface area contributed by atoms with Crippen LogP contribution in [0.15, 0.2) is 18.2 Å². The van der Waals surface area contributed by atoms with Crippen LogP contribution >= 0.6 is 0 Å². The summed E-state index contributed by atoms with van der Waals surface area (Å²) < 4.78 is 5.30. The Morgan fingerprint density at radius 3 is 3.05 bits per heavy atom. The fourth-order valence-electron chi connectivity index (χ4n) is 2.41. The van der Waals surface area contributed by atoms with E-state index in [-0.39, 0.29) is 6.10 Å². The number of benzene rings is 1. The van der Waals surface area contributed by atoms with Gasteiger partial charge in [-0.3, -0.25) is 4.90 Å². The van der Waals surface area contributed by atoms with E-state index in [4.69, 9.17) is 10.00 Å². The lowest BCUT2D eigenvalue weighted by atomic mass is 10.0. The normalized spacial score (nSPS) is 21.9. The minimum Gasteiger partial charge on any atom is -0.387 e. The second-order valence-electron chi connectivity index (χ2n) is 5.12. The number of nitrogens with zero attached hydrogens (tertiary/aromatic N) is 2. The zero-order chi connectivity index (χ0) is 13.8. The molecule has 0 aromatic heterocycles. The van der Waals surface area contributed by atoms with Crippen molar-refractivity contribution in [2.24, 2.45) is 0 Å². The maximum Gasteiger partial charge on any atom is 0.156 e. The van der Waals surface area contributed by atoms with Crippen LogP contribution in [0.25, 0.3) is 0 Å². The molecule has 1 aromatic carbocycles. The Labute approximate surface area is 114 Å². The Morgan fingerprint density at radius 2 is 2.32 bits per heavy atom. The average Bonchev–Trinajstić information content (AvgIpc) is 2.41. The highest BCUT2D eigenvalue weighted by Gasteiger charge is 2.23. The number of hydrogen-bond donors (Lipinski definition) is 1. The number of β-amino-alcohol motifs (C(OH)–C–C–N with tert-alkyl or cyclic N) is 1. The molecule has 1 heterocycles. The minimum atomic E-state index is -0.516. The summed E-state index contributed by atoms with van der Waals surface area (Å²) in [5.74, 6) is 0. The predicted octanol–water partition coefficient (Wildman–Crippen LogP) is 1.56. The number of nitriles is 1. The van der Waals surface area contributed by atoms with Crippen LogP contribution in [-0.2, 0) is 4.74 Å². The maximum absolute atomic E-state index is 10.4. The summed E-state index contributed by atoms with van der Waals surface area (Å²) in [6.07, 6.45) is -0.892. The molecule has 1 N–H and O–H groups in total. The Morgan fingerprint density at radius 1 is 1.53 bits per heavy atom. The van der Waals surface area contributed by atoms with E-state index in [1.807, 2.05) is 32.0 Å². The molecular formula is C15H20N2O2. The van der Waals surface area contributed by atoms with Gasteiger partial charge in [-0.2, -0.15) is 5.26 Å². The Balaban J connectivity index is 2.02. The van der Waals surface area contributed by atoms with Gasteiger partial charge in [0.25, 0.3) is 0 Å². The molecule has 1 saturated heterocycles. The molecule has 2 rings (SSSR count). The monoisotopic (exact) mass is 260 g/mol. The van der Waals surface area contributed by atoms with Crippen LogP contribution in [0, 0.1) is 25.2 Å². The summed E-state index contributed by atoms with van der Waals surface area (Å²) in [6, 6.07) is 8.23. The average molecular weight is 260 g/mol. The number of aliphatic hydroxyl groups is 1. The molecule has 1 aliphatic heterocycles. The number of aliphatic hydroxyl groups excluding tert-OH is 1. The molecular weight excluding hydrogens is 240 g/mol. The van der Waals surface area contributed by atoms with Gasteiger partial charge in [0.05, 0.1) is 18.8 Å². The van der Waals surface area contributed by atoms with Crippen molar-refractivity contribution in [2.75, 3.05) is 26.2 Å². The van der Waals surface area contributed by atoms with Gasteiger partial charge in [0, 0.05) is 19.6 Å². The summed E-state index contributed by atoms with van der Waals surface area (Å²) in [5, 5.41) is 19.2. The Kier molecular flexibility index (Phi) is 4.54. The van der Waals surface area contributed by atoms with Gasteiger partial charge in [-0.15, -0.1) is 0 Å². The van der Waals surface area contributed by atoms with Crippen molar-refractivity contribution in [3.8, 4) is 6.07 Å². The van der Waals surface area contributed by atoms with Crippen molar-refractivity contribution in [3.63, 3.8) is 0 Å². The lowest BCUT2D eigenvalue weighted by Gasteiger charge is -2.31. The first-order valence-corrected chi connectivity index (χ1v) is 6.59. The minimum absolute atomic E-state index is 0.375. The van der Waals surface area contributed by atoms with E-state index in [0.29, 0.717) is 19.7 Å². The standard InChI is InChI=1S/C15H20N2O2/c1-11-3-4-12(2)14(7-11)15(18)10-17-5-6-19-13(8-16)9-17/h3-4,7,13,15,18H,5-6,9-10H2,1-2H3/t13-,15+/m1/s1. The van der Waals surface area contributed by atoms with Gasteiger partial charge in [0.15, 0.2) is 6.10 Å². The molecule has 4 nitrogen and oxygen atoms in total. The van der Waals surface area contributed by atoms with Gasteiger partial charge >= 0.3 is 0 Å². The molecule has 102 valence electrons. The molecule has 0 saturated carbocycles. The summed E-state index contributed by atoms with van der Waals surface area (Å²) in [7, 11) is 0. The summed E-state index contributed by atoms with van der Waals surface area (Å²) in [6.45, 7) is 6.47. The fraction of sp³-hybridized carbons (Fsp3) is 0.533. The SMILES string of the molecule is Cc1ccc(C)c([C@@H](O)CN2CCO[C@H](C#N)C2)c1. The topological polar surface area (TPSA) is 56.5 Å². The number of morpholine rings is 1. The van der Waals surface area contributed by atoms with E-state index in [9.17, 15) is 5.11 Å². The van der Waals surface area contributed by atoms with Crippen molar-refractivity contribution < 1.29 is 9.84 Å². The molecule has 0 unspecified atom stereocenters. The first kappa shape index (κ1) is 14.0. The summed E-state index contributed by atoms with van der Waals surface area (Å²) >= 11 is 0. The highest BCUT2D eigenvalue weighted by atomic mass is 16.5. The second-order valence-corrected chi connectivity index (χ2v) is 5.12. The van der Waals surface area contributed by atoms with E-state index in [1.165, 1.54) is 0 Å². The highest BCUT2D eigenvalue weighted by molar-refractivity contribution is 5.32. The zero-order valence-corrected chi connectivity index (χ0v) is 11.5. The molecule has 0 spiro atoms. The van der Waals surface area contributed by atoms with Crippen LogP contribution in [0.3, 0.4) is 0 Å². The zero-order valence-electron chi connectivity index (χ0n) is 11.5. The second kappa shape index (κ2) is 6.16. The number of aryl methyl sites for hydroxylation is 2. The van der Waals surface area contributed by atoms with E-state index in [1.54, 1.807) is 0 Å². The molecule has 0 bridgehead atoms. The van der Waals surface area contributed by atoms with Crippen molar-refractivity contribution in [3.05, 3.63) is 34.9 Å². The van der Waals surface area contributed by atoms with E-state index < -0.39 is 6.10 Å². The smallest absolute Gasteiger partial charge is 0.156 e. The van der Waals surface area contributed by atoms with Gasteiger partial charge in [0.2, 0.25) is 0 Å². The molecule has 4 heteroatoms. The molecule has 2 atom stereocenters. The molecule has 0 aliphatic carbocycles. The molecule has 0 amide bonds. The van der Waals surface area contributed by atoms with Crippen molar-refractivity contribution in [1.82, 2.24) is 4.90 Å². The van der Waals surface area contributed by atoms with Gasteiger partial charge in [0.1, 0.15) is 0 Å². The lowest BCUT2D eigenvalue weighted by Crippen LogP contribution is -2.43. The molecule has 1 aromatic rings. The summed E-state index contributed by atoms with van der Waals surface area (Å²) in [5.41, 5.74) is 3.22. The summed E-state index contributed by atoms with van der Waals surface area (Å²) in [4.78, 5) is 2.09.